The smallest absolute Gasteiger partial charge is 0.211 e. The van der Waals surface area contributed by atoms with E-state index < -0.39 is 10.0 Å². The van der Waals surface area contributed by atoms with Crippen LogP contribution in [0.25, 0.3) is 0 Å². The van der Waals surface area contributed by atoms with E-state index in [1.165, 1.54) is 6.42 Å². The van der Waals surface area contributed by atoms with Crippen LogP contribution in [-0.2, 0) is 10.0 Å². The van der Waals surface area contributed by atoms with Gasteiger partial charge in [-0.05, 0) is 30.9 Å². The van der Waals surface area contributed by atoms with Crippen LogP contribution in [0.5, 0.6) is 0 Å². The maximum absolute atomic E-state index is 12.0. The molecule has 1 fully saturated rings. The SMILES string of the molecule is O=S(=O)(NCC1CCCC1Br)c1ccccc1. The Kier molecular flexibility index (Phi) is 4.22. The number of sulfonamides is 1. The van der Waals surface area contributed by atoms with E-state index in [9.17, 15) is 8.42 Å². The van der Waals surface area contributed by atoms with Gasteiger partial charge in [0.1, 0.15) is 0 Å². The van der Waals surface area contributed by atoms with Crippen LogP contribution in [0.15, 0.2) is 35.2 Å². The lowest BCUT2D eigenvalue weighted by Crippen LogP contribution is -2.31. The lowest BCUT2D eigenvalue weighted by molar-refractivity contribution is 0.529. The van der Waals surface area contributed by atoms with Crippen LogP contribution >= 0.6 is 15.9 Å². The summed E-state index contributed by atoms with van der Waals surface area (Å²) >= 11 is 3.59. The van der Waals surface area contributed by atoms with Crippen LogP contribution in [0.1, 0.15) is 19.3 Å². The first-order valence-electron chi connectivity index (χ1n) is 5.78. The van der Waals surface area contributed by atoms with Gasteiger partial charge in [0.15, 0.2) is 0 Å². The molecule has 94 valence electrons. The Balaban J connectivity index is 1.99. The van der Waals surface area contributed by atoms with E-state index in [-0.39, 0.29) is 0 Å². The molecule has 3 nitrogen and oxygen atoms in total. The summed E-state index contributed by atoms with van der Waals surface area (Å²) in [6, 6.07) is 8.50. The van der Waals surface area contributed by atoms with Crippen molar-refractivity contribution in [2.24, 2.45) is 5.92 Å². The summed E-state index contributed by atoms with van der Waals surface area (Å²) in [4.78, 5) is 0.782. The zero-order valence-corrected chi connectivity index (χ0v) is 11.9. The van der Waals surface area contributed by atoms with Crippen molar-refractivity contribution in [1.29, 1.82) is 0 Å². The first-order valence-corrected chi connectivity index (χ1v) is 8.18. The summed E-state index contributed by atoms with van der Waals surface area (Å²) in [5.74, 6) is 0.411. The van der Waals surface area contributed by atoms with Gasteiger partial charge >= 0.3 is 0 Å². The Morgan fingerprint density at radius 1 is 1.24 bits per heavy atom. The van der Waals surface area contributed by atoms with Crippen molar-refractivity contribution in [2.75, 3.05) is 6.54 Å². The van der Waals surface area contributed by atoms with Crippen molar-refractivity contribution in [3.05, 3.63) is 30.3 Å². The number of nitrogens with one attached hydrogen (secondary N) is 1. The summed E-state index contributed by atoms with van der Waals surface area (Å²) < 4.78 is 26.6. The molecule has 0 bridgehead atoms. The van der Waals surface area contributed by atoms with Crippen LogP contribution in [0.4, 0.5) is 0 Å². The molecular formula is C12H16BrNO2S. The van der Waals surface area contributed by atoms with Gasteiger partial charge in [-0.1, -0.05) is 40.5 Å². The highest BCUT2D eigenvalue weighted by atomic mass is 79.9. The number of rotatable bonds is 4. The molecule has 0 radical (unpaired) electrons. The van der Waals surface area contributed by atoms with Crippen LogP contribution in [0.2, 0.25) is 0 Å². The van der Waals surface area contributed by atoms with Gasteiger partial charge in [-0.2, -0.15) is 0 Å². The number of halogens is 1. The summed E-state index contributed by atoms with van der Waals surface area (Å²) in [6.45, 7) is 0.521. The van der Waals surface area contributed by atoms with Crippen molar-refractivity contribution >= 4 is 26.0 Å². The number of benzene rings is 1. The fraction of sp³-hybridized carbons (Fsp3) is 0.500. The molecule has 0 saturated heterocycles. The third-order valence-corrected chi connectivity index (χ3v) is 5.80. The first kappa shape index (κ1) is 13.1. The minimum Gasteiger partial charge on any atom is -0.211 e. The number of hydrogen-bond acceptors (Lipinski definition) is 2. The normalized spacial score (nSPS) is 25.0. The molecule has 0 aromatic heterocycles. The molecule has 1 aliphatic carbocycles. The van der Waals surface area contributed by atoms with Gasteiger partial charge in [0.25, 0.3) is 0 Å². The Labute approximate surface area is 111 Å². The van der Waals surface area contributed by atoms with Gasteiger partial charge in [0.05, 0.1) is 4.90 Å². The minimum absolute atomic E-state index is 0.337. The van der Waals surface area contributed by atoms with Gasteiger partial charge in [0, 0.05) is 11.4 Å². The summed E-state index contributed by atoms with van der Waals surface area (Å²) in [5, 5.41) is 0. The highest BCUT2D eigenvalue weighted by molar-refractivity contribution is 9.09. The lowest BCUT2D eigenvalue weighted by atomic mass is 10.1. The molecule has 1 saturated carbocycles. The lowest BCUT2D eigenvalue weighted by Gasteiger charge is -2.14. The molecule has 0 spiro atoms. The molecule has 2 rings (SSSR count). The van der Waals surface area contributed by atoms with Crippen molar-refractivity contribution in [3.63, 3.8) is 0 Å². The van der Waals surface area contributed by atoms with E-state index in [0.29, 0.717) is 22.2 Å². The monoisotopic (exact) mass is 317 g/mol. The Hall–Kier alpha value is -0.390. The van der Waals surface area contributed by atoms with E-state index >= 15 is 0 Å². The van der Waals surface area contributed by atoms with E-state index in [2.05, 4.69) is 20.7 Å². The molecule has 1 aliphatic rings. The molecule has 1 N–H and O–H groups in total. The average molecular weight is 318 g/mol. The summed E-state index contributed by atoms with van der Waals surface area (Å²) in [5.41, 5.74) is 0. The molecule has 1 aromatic carbocycles. The molecular weight excluding hydrogens is 302 g/mol. The standard InChI is InChI=1S/C12H16BrNO2S/c13-12-8-4-5-10(12)9-14-17(15,16)11-6-2-1-3-7-11/h1-3,6-7,10,12,14H,4-5,8-9H2. The fourth-order valence-corrected chi connectivity index (χ4v) is 4.01. The highest BCUT2D eigenvalue weighted by Gasteiger charge is 2.26. The van der Waals surface area contributed by atoms with Crippen molar-refractivity contribution < 1.29 is 8.42 Å². The van der Waals surface area contributed by atoms with Gasteiger partial charge < -0.3 is 0 Å². The predicted molar refractivity (Wildman–Crippen MR) is 71.7 cm³/mol. The van der Waals surface area contributed by atoms with Crippen molar-refractivity contribution in [1.82, 2.24) is 4.72 Å². The summed E-state index contributed by atoms with van der Waals surface area (Å²) in [7, 11) is -3.34. The molecule has 0 heterocycles. The maximum atomic E-state index is 12.0. The van der Waals surface area contributed by atoms with Gasteiger partial charge in [-0.3, -0.25) is 0 Å². The zero-order valence-electron chi connectivity index (χ0n) is 9.47. The number of hydrogen-bond donors (Lipinski definition) is 1. The zero-order chi connectivity index (χ0) is 12.3. The topological polar surface area (TPSA) is 46.2 Å². The van der Waals surface area contributed by atoms with Gasteiger partial charge in [0.2, 0.25) is 10.0 Å². The van der Waals surface area contributed by atoms with E-state index in [0.717, 1.165) is 12.8 Å². The molecule has 0 amide bonds. The largest absolute Gasteiger partial charge is 0.240 e. The Morgan fingerprint density at radius 3 is 2.53 bits per heavy atom. The third-order valence-electron chi connectivity index (χ3n) is 3.16. The fourth-order valence-electron chi connectivity index (χ4n) is 2.12. The second kappa shape index (κ2) is 5.50. The van der Waals surface area contributed by atoms with Crippen molar-refractivity contribution in [2.45, 2.75) is 29.0 Å². The molecule has 2 unspecified atom stereocenters. The highest BCUT2D eigenvalue weighted by Crippen LogP contribution is 2.31. The first-order chi connectivity index (χ1) is 8.09. The van der Waals surface area contributed by atoms with Crippen LogP contribution in [0.3, 0.4) is 0 Å². The molecule has 0 aliphatic heterocycles. The van der Waals surface area contributed by atoms with E-state index in [1.54, 1.807) is 24.3 Å². The summed E-state index contributed by atoms with van der Waals surface area (Å²) in [6.07, 6.45) is 3.40. The van der Waals surface area contributed by atoms with Gasteiger partial charge in [-0.25, -0.2) is 13.1 Å². The minimum atomic E-state index is -3.34. The van der Waals surface area contributed by atoms with Gasteiger partial charge in [-0.15, -0.1) is 0 Å². The molecule has 17 heavy (non-hydrogen) atoms. The molecule has 2 atom stereocenters. The Morgan fingerprint density at radius 2 is 1.94 bits per heavy atom. The van der Waals surface area contributed by atoms with Crippen LogP contribution in [-0.4, -0.2) is 19.8 Å². The third kappa shape index (κ3) is 3.30. The maximum Gasteiger partial charge on any atom is 0.240 e. The molecule has 1 aromatic rings. The van der Waals surface area contributed by atoms with Crippen molar-refractivity contribution in [3.8, 4) is 0 Å². The quantitative estimate of drug-likeness (QED) is 0.867. The second-order valence-electron chi connectivity index (χ2n) is 4.37. The second-order valence-corrected chi connectivity index (χ2v) is 7.32. The van der Waals surface area contributed by atoms with Crippen LogP contribution in [0, 0.1) is 5.92 Å². The Bertz CT molecular complexity index is 461. The predicted octanol–water partition coefficient (Wildman–Crippen LogP) is 2.53. The average Bonchev–Trinajstić information content (AvgIpc) is 2.74. The van der Waals surface area contributed by atoms with Crippen LogP contribution < -0.4 is 4.72 Å². The van der Waals surface area contributed by atoms with E-state index in [1.807, 2.05) is 6.07 Å². The number of alkyl halides is 1. The molecule has 5 heteroatoms. The van der Waals surface area contributed by atoms with E-state index in [4.69, 9.17) is 0 Å².